The van der Waals surface area contributed by atoms with Gasteiger partial charge in [0, 0.05) is 0 Å². The van der Waals surface area contributed by atoms with Crippen LogP contribution >= 0.6 is 0 Å². The fraction of sp³-hybridized carbons (Fsp3) is 0.818. The van der Waals surface area contributed by atoms with Crippen molar-refractivity contribution in [2.24, 2.45) is 17.4 Å². The molecule has 1 saturated carbocycles. The molecule has 2 atom stereocenters. The fourth-order valence-corrected chi connectivity index (χ4v) is 2.29. The highest BCUT2D eigenvalue weighted by Gasteiger charge is 2.37. The van der Waals surface area contributed by atoms with Crippen molar-refractivity contribution in [3.8, 4) is 0 Å². The summed E-state index contributed by atoms with van der Waals surface area (Å²) in [5, 5.41) is 2.67. The highest BCUT2D eigenvalue weighted by Crippen LogP contribution is 2.30. The van der Waals surface area contributed by atoms with Gasteiger partial charge in [0.2, 0.25) is 5.91 Å². The number of amides is 2. The summed E-state index contributed by atoms with van der Waals surface area (Å²) in [6.07, 6.45) is 2.67. The molecule has 1 aliphatic rings. The standard InChI is InChI=1S/C11H21N3O3/c1-8-3-2-4-11(13,7-8)9(15)14-5-6-17-10(12)16/h8H,2-7,13H2,1H3,(H2,12,16)(H,14,15). The summed E-state index contributed by atoms with van der Waals surface area (Å²) in [6, 6.07) is 0. The second-order valence-corrected chi connectivity index (χ2v) is 4.78. The maximum Gasteiger partial charge on any atom is 0.404 e. The monoisotopic (exact) mass is 243 g/mol. The summed E-state index contributed by atoms with van der Waals surface area (Å²) >= 11 is 0. The molecule has 0 bridgehead atoms. The van der Waals surface area contributed by atoms with Crippen LogP contribution in [0, 0.1) is 5.92 Å². The van der Waals surface area contributed by atoms with Crippen LogP contribution in [0.3, 0.4) is 0 Å². The molecule has 0 aromatic heterocycles. The van der Waals surface area contributed by atoms with Crippen LogP contribution in [0.4, 0.5) is 4.79 Å². The van der Waals surface area contributed by atoms with E-state index in [2.05, 4.69) is 17.0 Å². The first-order chi connectivity index (χ1) is 7.94. The fourth-order valence-electron chi connectivity index (χ4n) is 2.29. The number of nitrogens with one attached hydrogen (secondary N) is 1. The van der Waals surface area contributed by atoms with E-state index in [4.69, 9.17) is 11.5 Å². The second-order valence-electron chi connectivity index (χ2n) is 4.78. The summed E-state index contributed by atoms with van der Waals surface area (Å²) in [7, 11) is 0. The van der Waals surface area contributed by atoms with Gasteiger partial charge >= 0.3 is 6.09 Å². The van der Waals surface area contributed by atoms with E-state index >= 15 is 0 Å². The molecule has 6 nitrogen and oxygen atoms in total. The minimum Gasteiger partial charge on any atom is -0.448 e. The van der Waals surface area contributed by atoms with Crippen LogP contribution in [0.1, 0.15) is 32.6 Å². The van der Waals surface area contributed by atoms with Crippen LogP contribution in [0.2, 0.25) is 0 Å². The highest BCUT2D eigenvalue weighted by atomic mass is 16.5. The molecular formula is C11H21N3O3. The summed E-state index contributed by atoms with van der Waals surface area (Å²) in [6.45, 7) is 2.42. The van der Waals surface area contributed by atoms with Gasteiger partial charge in [-0.25, -0.2) is 4.79 Å². The van der Waals surface area contributed by atoms with Crippen molar-refractivity contribution in [1.29, 1.82) is 0 Å². The van der Waals surface area contributed by atoms with E-state index in [9.17, 15) is 9.59 Å². The van der Waals surface area contributed by atoms with Gasteiger partial charge in [-0.05, 0) is 18.8 Å². The molecule has 0 aromatic carbocycles. The minimum absolute atomic E-state index is 0.0761. The van der Waals surface area contributed by atoms with Gasteiger partial charge in [0.25, 0.3) is 0 Å². The number of carbonyl (C=O) groups excluding carboxylic acids is 2. The largest absolute Gasteiger partial charge is 0.448 e. The molecule has 98 valence electrons. The van der Waals surface area contributed by atoms with Crippen molar-refractivity contribution < 1.29 is 14.3 Å². The molecule has 0 saturated heterocycles. The van der Waals surface area contributed by atoms with Crippen LogP contribution < -0.4 is 16.8 Å². The molecule has 5 N–H and O–H groups in total. The van der Waals surface area contributed by atoms with Gasteiger partial charge in [0.15, 0.2) is 0 Å². The molecule has 0 aliphatic heterocycles. The lowest BCUT2D eigenvalue weighted by molar-refractivity contribution is -0.128. The van der Waals surface area contributed by atoms with Gasteiger partial charge in [-0.1, -0.05) is 19.8 Å². The first-order valence-corrected chi connectivity index (χ1v) is 5.93. The van der Waals surface area contributed by atoms with Crippen molar-refractivity contribution >= 4 is 12.0 Å². The molecule has 1 rings (SSSR count). The summed E-state index contributed by atoms with van der Waals surface area (Å²) in [5.41, 5.74) is 10.1. The predicted octanol–water partition coefficient (Wildman–Crippen LogP) is 0.106. The van der Waals surface area contributed by atoms with Gasteiger partial charge in [-0.3, -0.25) is 4.79 Å². The molecule has 0 radical (unpaired) electrons. The first kappa shape index (κ1) is 13.8. The third kappa shape index (κ3) is 4.22. The number of nitrogens with two attached hydrogens (primary N) is 2. The molecule has 1 aliphatic carbocycles. The Morgan fingerprint density at radius 3 is 2.82 bits per heavy atom. The van der Waals surface area contributed by atoms with E-state index in [-0.39, 0.29) is 19.1 Å². The van der Waals surface area contributed by atoms with Crippen molar-refractivity contribution in [3.05, 3.63) is 0 Å². The van der Waals surface area contributed by atoms with Gasteiger partial charge in [0.05, 0.1) is 12.1 Å². The Kier molecular flexibility index (Phi) is 4.74. The number of rotatable bonds is 4. The summed E-state index contributed by atoms with van der Waals surface area (Å²) in [4.78, 5) is 22.2. The smallest absolute Gasteiger partial charge is 0.404 e. The molecule has 6 heteroatoms. The van der Waals surface area contributed by atoms with E-state index < -0.39 is 11.6 Å². The zero-order valence-electron chi connectivity index (χ0n) is 10.2. The lowest BCUT2D eigenvalue weighted by Crippen LogP contribution is -2.56. The van der Waals surface area contributed by atoms with Gasteiger partial charge in [0.1, 0.15) is 6.61 Å². The third-order valence-corrected chi connectivity index (χ3v) is 3.12. The average Bonchev–Trinajstić information content (AvgIpc) is 2.23. The SMILES string of the molecule is CC1CCCC(N)(C(=O)NCCOC(N)=O)C1. The van der Waals surface area contributed by atoms with Crippen LogP contribution in [0.25, 0.3) is 0 Å². The summed E-state index contributed by atoms with van der Waals surface area (Å²) < 4.78 is 4.52. The third-order valence-electron chi connectivity index (χ3n) is 3.12. The number of primary amides is 1. The Morgan fingerprint density at radius 1 is 1.53 bits per heavy atom. The molecule has 2 amide bonds. The Bertz CT molecular complexity index is 296. The van der Waals surface area contributed by atoms with Gasteiger partial charge in [-0.2, -0.15) is 0 Å². The topological polar surface area (TPSA) is 107 Å². The number of hydrogen-bond donors (Lipinski definition) is 3. The lowest BCUT2D eigenvalue weighted by atomic mass is 9.76. The highest BCUT2D eigenvalue weighted by molar-refractivity contribution is 5.86. The van der Waals surface area contributed by atoms with Crippen molar-refractivity contribution in [2.45, 2.75) is 38.1 Å². The van der Waals surface area contributed by atoms with Crippen molar-refractivity contribution in [1.82, 2.24) is 5.32 Å². The average molecular weight is 243 g/mol. The number of carbonyl (C=O) groups is 2. The first-order valence-electron chi connectivity index (χ1n) is 5.93. The molecule has 1 fully saturated rings. The van der Waals surface area contributed by atoms with E-state index in [1.807, 2.05) is 0 Å². The maximum absolute atomic E-state index is 11.9. The zero-order valence-corrected chi connectivity index (χ0v) is 10.2. The summed E-state index contributed by atoms with van der Waals surface area (Å²) in [5.74, 6) is 0.304. The molecule has 17 heavy (non-hydrogen) atoms. The molecule has 0 spiro atoms. The molecule has 2 unspecified atom stereocenters. The van der Waals surface area contributed by atoms with Crippen molar-refractivity contribution in [2.75, 3.05) is 13.2 Å². The van der Waals surface area contributed by atoms with Crippen molar-refractivity contribution in [3.63, 3.8) is 0 Å². The minimum atomic E-state index is -0.840. The normalized spacial score (nSPS) is 28.5. The predicted molar refractivity (Wildman–Crippen MR) is 63.1 cm³/mol. The van der Waals surface area contributed by atoms with Gasteiger partial charge in [-0.15, -0.1) is 0 Å². The Balaban J connectivity index is 2.33. The Morgan fingerprint density at radius 2 is 2.24 bits per heavy atom. The lowest BCUT2D eigenvalue weighted by Gasteiger charge is -2.35. The second kappa shape index (κ2) is 5.86. The van der Waals surface area contributed by atoms with Crippen LogP contribution in [0.15, 0.2) is 0 Å². The maximum atomic E-state index is 11.9. The number of hydrogen-bond acceptors (Lipinski definition) is 4. The van der Waals surface area contributed by atoms with Crippen LogP contribution in [-0.2, 0) is 9.53 Å². The quantitative estimate of drug-likeness (QED) is 0.609. The van der Waals surface area contributed by atoms with E-state index in [1.165, 1.54) is 0 Å². The van der Waals surface area contributed by atoms with E-state index in [1.54, 1.807) is 0 Å². The van der Waals surface area contributed by atoms with E-state index in [0.29, 0.717) is 18.8 Å². The molecule has 0 aromatic rings. The van der Waals surface area contributed by atoms with E-state index in [0.717, 1.165) is 12.8 Å². The van der Waals surface area contributed by atoms with Gasteiger partial charge < -0.3 is 21.5 Å². The molecular weight excluding hydrogens is 222 g/mol. The Hall–Kier alpha value is -1.30. The zero-order chi connectivity index (χ0) is 12.9. The molecule has 0 heterocycles. The van der Waals surface area contributed by atoms with Crippen LogP contribution in [0.5, 0.6) is 0 Å². The Labute approximate surface area is 101 Å². The number of ether oxygens (including phenoxy) is 1. The van der Waals surface area contributed by atoms with Crippen LogP contribution in [-0.4, -0.2) is 30.7 Å².